The maximum Gasteiger partial charge on any atom is 0.335 e. The van der Waals surface area contributed by atoms with Crippen LogP contribution in [-0.2, 0) is 12.2 Å². The van der Waals surface area contributed by atoms with Gasteiger partial charge in [0.1, 0.15) is 5.75 Å². The van der Waals surface area contributed by atoms with Crippen LogP contribution < -0.4 is 4.74 Å². The van der Waals surface area contributed by atoms with Gasteiger partial charge in [0.25, 0.3) is 5.22 Å². The Hall–Kier alpha value is -2.80. The first-order chi connectivity index (χ1) is 12.2. The maximum absolute atomic E-state index is 10.9. The van der Waals surface area contributed by atoms with E-state index in [9.17, 15) is 4.79 Å². The molecule has 1 aliphatic heterocycles. The molecule has 1 aromatic heterocycles. The summed E-state index contributed by atoms with van der Waals surface area (Å²) in [7, 11) is 0. The number of aromatic nitrogens is 2. The number of carbonyl (C=O) groups is 1. The second kappa shape index (κ2) is 6.60. The van der Waals surface area contributed by atoms with E-state index in [1.54, 1.807) is 24.3 Å². The summed E-state index contributed by atoms with van der Waals surface area (Å²) < 4.78 is 11.2. The number of carboxylic acid groups (broad SMARTS) is 1. The predicted octanol–water partition coefficient (Wildman–Crippen LogP) is 3.66. The van der Waals surface area contributed by atoms with E-state index in [0.717, 1.165) is 28.9 Å². The molecule has 1 N–H and O–H groups in total. The van der Waals surface area contributed by atoms with Crippen LogP contribution in [0.2, 0.25) is 0 Å². The number of rotatable bonds is 5. The van der Waals surface area contributed by atoms with E-state index in [4.69, 9.17) is 14.3 Å². The van der Waals surface area contributed by atoms with Crippen LogP contribution in [0, 0.1) is 0 Å². The van der Waals surface area contributed by atoms with E-state index in [1.165, 1.54) is 11.8 Å². The summed E-state index contributed by atoms with van der Waals surface area (Å²) in [5.41, 5.74) is 3.30. The van der Waals surface area contributed by atoms with Gasteiger partial charge in [-0.25, -0.2) is 4.79 Å². The number of carboxylic acids is 1. The lowest BCUT2D eigenvalue weighted by atomic mass is 10.1. The third-order valence-electron chi connectivity index (χ3n) is 3.91. The monoisotopic (exact) mass is 354 g/mol. The number of hydrogen-bond donors (Lipinski definition) is 1. The summed E-state index contributed by atoms with van der Waals surface area (Å²) in [6.45, 7) is 0.713. The van der Waals surface area contributed by atoms with E-state index in [-0.39, 0.29) is 5.56 Å². The van der Waals surface area contributed by atoms with E-state index in [0.29, 0.717) is 23.5 Å². The molecule has 0 spiro atoms. The van der Waals surface area contributed by atoms with Crippen molar-refractivity contribution in [2.75, 3.05) is 6.61 Å². The van der Waals surface area contributed by atoms with Crippen LogP contribution in [-0.4, -0.2) is 27.9 Å². The zero-order valence-electron chi connectivity index (χ0n) is 13.1. The molecule has 0 amide bonds. The molecule has 4 rings (SSSR count). The molecule has 25 heavy (non-hydrogen) atoms. The Balaban J connectivity index is 1.44. The lowest BCUT2D eigenvalue weighted by molar-refractivity contribution is 0.0697. The number of ether oxygens (including phenoxy) is 1. The fourth-order valence-electron chi connectivity index (χ4n) is 2.59. The first kappa shape index (κ1) is 15.7. The maximum atomic E-state index is 10.9. The van der Waals surface area contributed by atoms with Crippen molar-refractivity contribution in [3.8, 4) is 17.2 Å². The molecule has 0 fully saturated rings. The highest BCUT2D eigenvalue weighted by Gasteiger charge is 2.15. The van der Waals surface area contributed by atoms with Crippen LogP contribution in [0.3, 0.4) is 0 Å². The average molecular weight is 354 g/mol. The van der Waals surface area contributed by atoms with Gasteiger partial charge < -0.3 is 14.3 Å². The second-order valence-corrected chi connectivity index (χ2v) is 6.51. The number of thioether (sulfide) groups is 1. The van der Waals surface area contributed by atoms with Gasteiger partial charge in [-0.3, -0.25) is 0 Å². The third kappa shape index (κ3) is 3.36. The quantitative estimate of drug-likeness (QED) is 0.700. The molecule has 1 aliphatic rings. The summed E-state index contributed by atoms with van der Waals surface area (Å²) >= 11 is 1.42. The third-order valence-corrected chi connectivity index (χ3v) is 4.80. The van der Waals surface area contributed by atoms with Gasteiger partial charge in [0.15, 0.2) is 0 Å². The molecule has 126 valence electrons. The topological polar surface area (TPSA) is 85.5 Å². The van der Waals surface area contributed by atoms with Gasteiger partial charge in [0.05, 0.1) is 12.2 Å². The minimum atomic E-state index is -0.930. The highest BCUT2D eigenvalue weighted by molar-refractivity contribution is 7.98. The van der Waals surface area contributed by atoms with Crippen molar-refractivity contribution in [3.63, 3.8) is 0 Å². The molecule has 3 aromatic rings. The van der Waals surface area contributed by atoms with Crippen LogP contribution in [0.5, 0.6) is 5.75 Å². The molecule has 2 heterocycles. The molecular formula is C18H14N2O4S. The van der Waals surface area contributed by atoms with Gasteiger partial charge in [-0.2, -0.15) is 0 Å². The van der Waals surface area contributed by atoms with Gasteiger partial charge in [-0.05, 0) is 41.5 Å². The van der Waals surface area contributed by atoms with Crippen molar-refractivity contribution in [2.45, 2.75) is 17.4 Å². The molecule has 0 atom stereocenters. The van der Waals surface area contributed by atoms with Gasteiger partial charge in [0, 0.05) is 17.7 Å². The summed E-state index contributed by atoms with van der Waals surface area (Å²) in [6.07, 6.45) is 0.894. The average Bonchev–Trinajstić information content (AvgIpc) is 3.28. The number of nitrogens with zero attached hydrogens (tertiary/aromatic N) is 2. The van der Waals surface area contributed by atoms with Gasteiger partial charge >= 0.3 is 5.97 Å². The van der Waals surface area contributed by atoms with Gasteiger partial charge in [0.2, 0.25) is 5.89 Å². The van der Waals surface area contributed by atoms with Crippen molar-refractivity contribution in [1.82, 2.24) is 10.2 Å². The van der Waals surface area contributed by atoms with Crippen molar-refractivity contribution >= 4 is 17.7 Å². The zero-order valence-corrected chi connectivity index (χ0v) is 14.0. The largest absolute Gasteiger partial charge is 0.493 e. The van der Waals surface area contributed by atoms with E-state index < -0.39 is 5.97 Å². The molecule has 6 nitrogen and oxygen atoms in total. The van der Waals surface area contributed by atoms with E-state index >= 15 is 0 Å². The lowest BCUT2D eigenvalue weighted by Gasteiger charge is -2.00. The summed E-state index contributed by atoms with van der Waals surface area (Å²) in [6, 6.07) is 12.6. The minimum Gasteiger partial charge on any atom is -0.493 e. The van der Waals surface area contributed by atoms with Crippen LogP contribution in [0.4, 0.5) is 0 Å². The Morgan fingerprint density at radius 1 is 1.16 bits per heavy atom. The minimum absolute atomic E-state index is 0.273. The summed E-state index contributed by atoms with van der Waals surface area (Å²) in [4.78, 5) is 10.9. The molecule has 0 unspecified atom stereocenters. The van der Waals surface area contributed by atoms with Crippen LogP contribution in [0.15, 0.2) is 52.1 Å². The molecule has 0 bridgehead atoms. The Morgan fingerprint density at radius 2 is 2.00 bits per heavy atom. The Bertz CT molecular complexity index is 921. The van der Waals surface area contributed by atoms with Crippen molar-refractivity contribution < 1.29 is 19.1 Å². The lowest BCUT2D eigenvalue weighted by Crippen LogP contribution is -1.95. The van der Waals surface area contributed by atoms with Crippen molar-refractivity contribution in [1.29, 1.82) is 0 Å². The first-order valence-corrected chi connectivity index (χ1v) is 8.72. The molecule has 0 radical (unpaired) electrons. The van der Waals surface area contributed by atoms with E-state index in [2.05, 4.69) is 10.2 Å². The normalized spacial score (nSPS) is 12.6. The zero-order chi connectivity index (χ0) is 17.2. The second-order valence-electron chi connectivity index (χ2n) is 5.58. The summed E-state index contributed by atoms with van der Waals surface area (Å²) in [5, 5.41) is 17.6. The van der Waals surface area contributed by atoms with Crippen molar-refractivity contribution in [3.05, 3.63) is 59.2 Å². The summed E-state index contributed by atoms with van der Waals surface area (Å²) in [5.74, 6) is 1.10. The first-order valence-electron chi connectivity index (χ1n) is 7.74. The molecule has 0 saturated carbocycles. The molecule has 0 saturated heterocycles. The van der Waals surface area contributed by atoms with Crippen LogP contribution >= 0.6 is 11.8 Å². The molecule has 2 aromatic carbocycles. The van der Waals surface area contributed by atoms with Crippen molar-refractivity contribution in [2.24, 2.45) is 0 Å². The number of aromatic carboxylic acids is 1. The SMILES string of the molecule is O=C(O)c1ccc(CSc2nnc(-c3ccc4c(c3)CCO4)o2)cc1. The number of hydrogen-bond acceptors (Lipinski definition) is 6. The fourth-order valence-corrected chi connectivity index (χ4v) is 3.31. The van der Waals surface area contributed by atoms with Crippen LogP contribution in [0.25, 0.3) is 11.5 Å². The van der Waals surface area contributed by atoms with Gasteiger partial charge in [-0.15, -0.1) is 10.2 Å². The smallest absolute Gasteiger partial charge is 0.335 e. The van der Waals surface area contributed by atoms with Gasteiger partial charge in [-0.1, -0.05) is 23.9 Å². The fraction of sp³-hybridized carbons (Fsp3) is 0.167. The molecule has 7 heteroatoms. The molecule has 0 aliphatic carbocycles. The molecular weight excluding hydrogens is 340 g/mol. The Morgan fingerprint density at radius 3 is 2.80 bits per heavy atom. The number of fused-ring (bicyclic) bond motifs is 1. The Kier molecular flexibility index (Phi) is 4.15. The highest BCUT2D eigenvalue weighted by atomic mass is 32.2. The highest BCUT2D eigenvalue weighted by Crippen LogP contribution is 2.31. The van der Waals surface area contributed by atoms with Crippen LogP contribution in [0.1, 0.15) is 21.5 Å². The number of benzene rings is 2. The predicted molar refractivity (Wildman–Crippen MR) is 91.9 cm³/mol. The van der Waals surface area contributed by atoms with E-state index in [1.807, 2.05) is 18.2 Å². The standard InChI is InChI=1S/C18H14N2O4S/c21-17(22)12-3-1-11(2-4-12)10-25-18-20-19-16(24-18)14-5-6-15-13(9-14)7-8-23-15/h1-6,9H,7-8,10H2,(H,21,22). The Labute approximate surface area is 147 Å².